The van der Waals surface area contributed by atoms with Gasteiger partial charge in [0.05, 0.1) is 6.26 Å². The van der Waals surface area contributed by atoms with Crippen molar-refractivity contribution >= 4 is 0 Å². The van der Waals surface area contributed by atoms with Crippen molar-refractivity contribution in [2.75, 3.05) is 6.54 Å². The van der Waals surface area contributed by atoms with Crippen LogP contribution in [0.3, 0.4) is 0 Å². The molecule has 0 saturated carbocycles. The van der Waals surface area contributed by atoms with Gasteiger partial charge in [-0.05, 0) is 31.2 Å². The lowest BCUT2D eigenvalue weighted by atomic mass is 10.2. The van der Waals surface area contributed by atoms with E-state index < -0.39 is 0 Å². The molecule has 1 aromatic carbocycles. The van der Waals surface area contributed by atoms with Crippen LogP contribution in [-0.4, -0.2) is 6.54 Å². The fourth-order valence-corrected chi connectivity index (χ4v) is 1.73. The van der Waals surface area contributed by atoms with Crippen molar-refractivity contribution in [1.82, 2.24) is 5.32 Å². The quantitative estimate of drug-likeness (QED) is 0.759. The maximum absolute atomic E-state index is 5.78. The van der Waals surface area contributed by atoms with Gasteiger partial charge in [-0.1, -0.05) is 25.1 Å². The highest BCUT2D eigenvalue weighted by Crippen LogP contribution is 2.19. The lowest BCUT2D eigenvalue weighted by molar-refractivity contribution is 0.267. The van der Waals surface area contributed by atoms with Gasteiger partial charge in [0, 0.05) is 12.1 Å². The van der Waals surface area contributed by atoms with Crippen molar-refractivity contribution in [2.45, 2.75) is 26.5 Å². The van der Waals surface area contributed by atoms with Crippen molar-refractivity contribution in [2.24, 2.45) is 0 Å². The average Bonchev–Trinajstić information content (AvgIpc) is 2.91. The van der Waals surface area contributed by atoms with Crippen LogP contribution in [0.25, 0.3) is 0 Å². The lowest BCUT2D eigenvalue weighted by Crippen LogP contribution is -2.14. The summed E-state index contributed by atoms with van der Waals surface area (Å²) in [5.41, 5.74) is 1.18. The second kappa shape index (κ2) is 6.87. The molecule has 0 fully saturated rings. The molecule has 0 unspecified atom stereocenters. The van der Waals surface area contributed by atoms with Gasteiger partial charge in [0.2, 0.25) is 0 Å². The van der Waals surface area contributed by atoms with Crippen LogP contribution in [0.2, 0.25) is 0 Å². The van der Waals surface area contributed by atoms with Crippen LogP contribution >= 0.6 is 0 Å². The molecule has 0 saturated heterocycles. The molecule has 3 nitrogen and oxygen atoms in total. The van der Waals surface area contributed by atoms with Crippen LogP contribution in [0.1, 0.15) is 24.7 Å². The van der Waals surface area contributed by atoms with Crippen molar-refractivity contribution in [1.29, 1.82) is 0 Å². The zero-order valence-corrected chi connectivity index (χ0v) is 10.7. The monoisotopic (exact) mass is 245 g/mol. The van der Waals surface area contributed by atoms with E-state index in [4.69, 9.17) is 9.15 Å². The highest BCUT2D eigenvalue weighted by atomic mass is 16.5. The molecule has 0 amide bonds. The summed E-state index contributed by atoms with van der Waals surface area (Å²) in [5, 5.41) is 3.38. The van der Waals surface area contributed by atoms with Crippen LogP contribution < -0.4 is 10.1 Å². The Kier molecular flexibility index (Phi) is 4.85. The third-order valence-corrected chi connectivity index (χ3v) is 2.66. The third kappa shape index (κ3) is 3.64. The SMILES string of the molecule is CCCNCc1ccccc1OCc1ccco1. The van der Waals surface area contributed by atoms with Gasteiger partial charge in [-0.3, -0.25) is 0 Å². The second-order valence-corrected chi connectivity index (χ2v) is 4.15. The zero-order valence-electron chi connectivity index (χ0n) is 10.7. The Balaban J connectivity index is 1.94. The Morgan fingerprint density at radius 2 is 2.06 bits per heavy atom. The second-order valence-electron chi connectivity index (χ2n) is 4.15. The average molecular weight is 245 g/mol. The summed E-state index contributed by atoms with van der Waals surface area (Å²) in [6.45, 7) is 4.48. The summed E-state index contributed by atoms with van der Waals surface area (Å²) in [5.74, 6) is 1.75. The van der Waals surface area contributed by atoms with Gasteiger partial charge in [0.25, 0.3) is 0 Å². The molecular weight excluding hydrogens is 226 g/mol. The fourth-order valence-electron chi connectivity index (χ4n) is 1.73. The first-order valence-corrected chi connectivity index (χ1v) is 6.34. The zero-order chi connectivity index (χ0) is 12.6. The number of nitrogens with one attached hydrogen (secondary N) is 1. The number of rotatable bonds is 7. The van der Waals surface area contributed by atoms with Gasteiger partial charge in [-0.15, -0.1) is 0 Å². The van der Waals surface area contributed by atoms with E-state index in [1.54, 1.807) is 6.26 Å². The minimum atomic E-state index is 0.470. The van der Waals surface area contributed by atoms with E-state index >= 15 is 0 Å². The first-order chi connectivity index (χ1) is 8.90. The van der Waals surface area contributed by atoms with Gasteiger partial charge < -0.3 is 14.5 Å². The van der Waals surface area contributed by atoms with E-state index in [1.165, 1.54) is 5.56 Å². The predicted octanol–water partition coefficient (Wildman–Crippen LogP) is 3.36. The number of hydrogen-bond acceptors (Lipinski definition) is 3. The van der Waals surface area contributed by atoms with Gasteiger partial charge in [0.15, 0.2) is 0 Å². The molecule has 0 aliphatic carbocycles. The standard InChI is InChI=1S/C15H19NO2/c1-2-9-16-11-13-6-3-4-8-15(13)18-12-14-7-5-10-17-14/h3-8,10,16H,2,9,11-12H2,1H3. The topological polar surface area (TPSA) is 34.4 Å². The number of hydrogen-bond donors (Lipinski definition) is 1. The smallest absolute Gasteiger partial charge is 0.146 e. The summed E-state index contributed by atoms with van der Waals surface area (Å²) >= 11 is 0. The van der Waals surface area contributed by atoms with Crippen molar-refractivity contribution in [3.63, 3.8) is 0 Å². The Labute approximate surface area is 108 Å². The molecule has 0 atom stereocenters. The maximum atomic E-state index is 5.78. The van der Waals surface area contributed by atoms with E-state index in [9.17, 15) is 0 Å². The van der Waals surface area contributed by atoms with Crippen molar-refractivity contribution < 1.29 is 9.15 Å². The van der Waals surface area contributed by atoms with Crippen LogP contribution in [0.15, 0.2) is 47.1 Å². The number of ether oxygens (including phenoxy) is 1. The molecule has 1 heterocycles. The first-order valence-electron chi connectivity index (χ1n) is 6.34. The fraction of sp³-hybridized carbons (Fsp3) is 0.333. The summed E-state index contributed by atoms with van der Waals surface area (Å²) in [7, 11) is 0. The molecule has 0 bridgehead atoms. The van der Waals surface area contributed by atoms with Gasteiger partial charge in [-0.2, -0.15) is 0 Å². The summed E-state index contributed by atoms with van der Waals surface area (Å²) in [6, 6.07) is 11.9. The third-order valence-electron chi connectivity index (χ3n) is 2.66. The molecule has 0 spiro atoms. The van der Waals surface area contributed by atoms with E-state index in [-0.39, 0.29) is 0 Å². The highest BCUT2D eigenvalue weighted by molar-refractivity contribution is 5.33. The van der Waals surface area contributed by atoms with E-state index in [1.807, 2.05) is 30.3 Å². The normalized spacial score (nSPS) is 10.5. The van der Waals surface area contributed by atoms with Crippen LogP contribution in [0, 0.1) is 0 Å². The summed E-state index contributed by atoms with van der Waals surface area (Å²) < 4.78 is 11.0. The molecule has 2 aromatic rings. The van der Waals surface area contributed by atoms with Gasteiger partial charge in [0.1, 0.15) is 18.1 Å². The van der Waals surface area contributed by atoms with Crippen LogP contribution in [0.4, 0.5) is 0 Å². The van der Waals surface area contributed by atoms with Crippen LogP contribution in [0.5, 0.6) is 5.75 Å². The Morgan fingerprint density at radius 1 is 1.17 bits per heavy atom. The van der Waals surface area contributed by atoms with Crippen LogP contribution in [-0.2, 0) is 13.2 Å². The molecule has 1 aromatic heterocycles. The molecule has 18 heavy (non-hydrogen) atoms. The predicted molar refractivity (Wildman–Crippen MR) is 71.5 cm³/mol. The van der Waals surface area contributed by atoms with Crippen molar-refractivity contribution in [3.05, 3.63) is 54.0 Å². The Hall–Kier alpha value is -1.74. The minimum Gasteiger partial charge on any atom is -0.485 e. The molecule has 3 heteroatoms. The molecule has 0 aliphatic heterocycles. The summed E-state index contributed by atoms with van der Waals surface area (Å²) in [6.07, 6.45) is 2.79. The van der Waals surface area contributed by atoms with E-state index in [0.717, 1.165) is 31.0 Å². The molecule has 1 N–H and O–H groups in total. The Bertz CT molecular complexity index is 451. The summed E-state index contributed by atoms with van der Waals surface area (Å²) in [4.78, 5) is 0. The lowest BCUT2D eigenvalue weighted by Gasteiger charge is -2.11. The van der Waals surface area contributed by atoms with E-state index in [2.05, 4.69) is 18.3 Å². The Morgan fingerprint density at radius 3 is 2.83 bits per heavy atom. The number of benzene rings is 1. The minimum absolute atomic E-state index is 0.470. The highest BCUT2D eigenvalue weighted by Gasteiger charge is 2.03. The van der Waals surface area contributed by atoms with Gasteiger partial charge >= 0.3 is 0 Å². The van der Waals surface area contributed by atoms with E-state index in [0.29, 0.717) is 6.61 Å². The largest absolute Gasteiger partial charge is 0.485 e. The van der Waals surface area contributed by atoms with Crippen molar-refractivity contribution in [3.8, 4) is 5.75 Å². The molecule has 0 aliphatic rings. The molecular formula is C15H19NO2. The number of para-hydroxylation sites is 1. The first kappa shape index (κ1) is 12.7. The number of furan rings is 1. The van der Waals surface area contributed by atoms with Gasteiger partial charge in [-0.25, -0.2) is 0 Å². The molecule has 96 valence electrons. The molecule has 0 radical (unpaired) electrons. The maximum Gasteiger partial charge on any atom is 0.146 e. The molecule has 2 rings (SSSR count).